The first-order valence-corrected chi connectivity index (χ1v) is 13.4. The number of rotatable bonds is 11. The van der Waals surface area contributed by atoms with Crippen molar-refractivity contribution in [1.82, 2.24) is 9.80 Å². The first-order valence-electron chi connectivity index (χ1n) is 13.4. The van der Waals surface area contributed by atoms with Crippen molar-refractivity contribution in [2.45, 2.75) is 76.8 Å². The Kier molecular flexibility index (Phi) is 7.81. The molecule has 8 heteroatoms. The molecule has 37 heavy (non-hydrogen) atoms. The molecule has 2 bridgehead atoms. The molecule has 3 aliphatic rings. The molecule has 2 amide bonds. The largest absolute Gasteiger partial charge is 0.466 e. The van der Waals surface area contributed by atoms with Crippen LogP contribution >= 0.6 is 0 Å². The summed E-state index contributed by atoms with van der Waals surface area (Å²) in [6.07, 6.45) is 3.27. The number of benzene rings is 1. The molecular weight excluding hydrogens is 472 g/mol. The van der Waals surface area contributed by atoms with Crippen LogP contribution in [-0.2, 0) is 30.4 Å². The van der Waals surface area contributed by atoms with Gasteiger partial charge in [0.05, 0.1) is 30.8 Å². The summed E-state index contributed by atoms with van der Waals surface area (Å²) in [4.78, 5) is 45.2. The van der Waals surface area contributed by atoms with Crippen LogP contribution < -0.4 is 0 Å². The molecule has 2 unspecified atom stereocenters. The minimum absolute atomic E-state index is 0.111. The van der Waals surface area contributed by atoms with Gasteiger partial charge in [0.15, 0.2) is 0 Å². The predicted molar refractivity (Wildman–Crippen MR) is 138 cm³/mol. The number of amides is 2. The zero-order chi connectivity index (χ0) is 27.0. The molecule has 1 spiro atoms. The molecule has 3 saturated heterocycles. The van der Waals surface area contributed by atoms with Gasteiger partial charge in [-0.1, -0.05) is 57.2 Å². The minimum Gasteiger partial charge on any atom is -0.466 e. The maximum Gasteiger partial charge on any atom is 0.312 e. The van der Waals surface area contributed by atoms with Gasteiger partial charge in [-0.25, -0.2) is 0 Å². The third-order valence-electron chi connectivity index (χ3n) is 8.58. The first-order chi connectivity index (χ1) is 17.7. The summed E-state index contributed by atoms with van der Waals surface area (Å²) < 4.78 is 12.2. The fraction of sp³-hybridized carbons (Fsp3) is 0.621. The van der Waals surface area contributed by atoms with Crippen LogP contribution in [0.1, 0.15) is 52.5 Å². The van der Waals surface area contributed by atoms with Gasteiger partial charge < -0.3 is 24.4 Å². The van der Waals surface area contributed by atoms with Gasteiger partial charge in [-0.05, 0) is 37.7 Å². The SMILES string of the molecule is C=CCN(Cc1ccccc1)C(=O)C1N([C@@H](CO)C(C)C)C(=O)[C@@H]2[C@@H](C(=O)OCC)[C@@]3(CC)CCC12O3. The molecule has 4 rings (SSSR count). The number of hydrogen-bond acceptors (Lipinski definition) is 6. The number of ether oxygens (including phenoxy) is 2. The van der Waals surface area contributed by atoms with E-state index in [1.54, 1.807) is 17.9 Å². The van der Waals surface area contributed by atoms with Gasteiger partial charge in [0.25, 0.3) is 0 Å². The Hall–Kier alpha value is -2.71. The van der Waals surface area contributed by atoms with Crippen LogP contribution in [0.2, 0.25) is 0 Å². The molecular formula is C29H40N2O6. The fourth-order valence-electron chi connectivity index (χ4n) is 6.87. The fourth-order valence-corrected chi connectivity index (χ4v) is 6.87. The van der Waals surface area contributed by atoms with E-state index in [4.69, 9.17) is 9.47 Å². The van der Waals surface area contributed by atoms with Crippen molar-refractivity contribution in [3.63, 3.8) is 0 Å². The number of likely N-dealkylation sites (tertiary alicyclic amines) is 1. The summed E-state index contributed by atoms with van der Waals surface area (Å²) in [5, 5.41) is 10.4. The molecule has 3 heterocycles. The van der Waals surface area contributed by atoms with Gasteiger partial charge in [-0.15, -0.1) is 6.58 Å². The quantitative estimate of drug-likeness (QED) is 0.362. The Morgan fingerprint density at radius 3 is 2.54 bits per heavy atom. The van der Waals surface area contributed by atoms with E-state index < -0.39 is 41.1 Å². The molecule has 0 saturated carbocycles. The molecule has 202 valence electrons. The van der Waals surface area contributed by atoms with Gasteiger partial charge in [-0.3, -0.25) is 14.4 Å². The molecule has 6 atom stereocenters. The van der Waals surface area contributed by atoms with E-state index in [0.29, 0.717) is 32.4 Å². The Bertz CT molecular complexity index is 1030. The monoisotopic (exact) mass is 512 g/mol. The molecule has 0 aromatic heterocycles. The molecule has 1 N–H and O–H groups in total. The number of carbonyl (C=O) groups is 3. The summed E-state index contributed by atoms with van der Waals surface area (Å²) in [7, 11) is 0. The van der Waals surface area contributed by atoms with E-state index in [2.05, 4.69) is 6.58 Å². The average molecular weight is 513 g/mol. The lowest BCUT2D eigenvalue weighted by Gasteiger charge is -2.40. The lowest BCUT2D eigenvalue weighted by atomic mass is 9.65. The van der Waals surface area contributed by atoms with Crippen LogP contribution in [0.25, 0.3) is 0 Å². The lowest BCUT2D eigenvalue weighted by molar-refractivity contribution is -0.164. The molecule has 1 aromatic rings. The van der Waals surface area contributed by atoms with E-state index in [-0.39, 0.29) is 30.9 Å². The van der Waals surface area contributed by atoms with Gasteiger partial charge in [0.2, 0.25) is 11.8 Å². The van der Waals surface area contributed by atoms with Gasteiger partial charge in [0.1, 0.15) is 17.6 Å². The van der Waals surface area contributed by atoms with Crippen LogP contribution in [0.4, 0.5) is 0 Å². The van der Waals surface area contributed by atoms with Crippen molar-refractivity contribution in [1.29, 1.82) is 0 Å². The summed E-state index contributed by atoms with van der Waals surface area (Å²) in [6.45, 7) is 11.9. The summed E-state index contributed by atoms with van der Waals surface area (Å²) in [6, 6.07) is 8.11. The van der Waals surface area contributed by atoms with Gasteiger partial charge >= 0.3 is 5.97 Å². The predicted octanol–water partition coefficient (Wildman–Crippen LogP) is 2.94. The van der Waals surface area contributed by atoms with E-state index in [0.717, 1.165) is 5.56 Å². The van der Waals surface area contributed by atoms with E-state index >= 15 is 0 Å². The van der Waals surface area contributed by atoms with Crippen LogP contribution in [0.3, 0.4) is 0 Å². The van der Waals surface area contributed by atoms with Gasteiger partial charge in [-0.2, -0.15) is 0 Å². The number of fused-ring (bicyclic) bond motifs is 1. The second-order valence-electron chi connectivity index (χ2n) is 10.8. The summed E-state index contributed by atoms with van der Waals surface area (Å²) in [5.41, 5.74) is -1.04. The number of aliphatic hydroxyl groups excluding tert-OH is 1. The van der Waals surface area contributed by atoms with Crippen LogP contribution in [0.15, 0.2) is 43.0 Å². The van der Waals surface area contributed by atoms with Crippen molar-refractivity contribution in [2.24, 2.45) is 17.8 Å². The number of hydrogen-bond donors (Lipinski definition) is 1. The Balaban J connectivity index is 1.82. The normalized spacial score (nSPS) is 30.9. The smallest absolute Gasteiger partial charge is 0.312 e. The molecule has 8 nitrogen and oxygen atoms in total. The summed E-state index contributed by atoms with van der Waals surface area (Å²) >= 11 is 0. The minimum atomic E-state index is -1.15. The van der Waals surface area contributed by atoms with Crippen LogP contribution in [-0.4, -0.2) is 75.7 Å². The highest BCUT2D eigenvalue weighted by molar-refractivity contribution is 5.98. The van der Waals surface area contributed by atoms with Crippen molar-refractivity contribution in [3.05, 3.63) is 48.6 Å². The second-order valence-corrected chi connectivity index (χ2v) is 10.8. The van der Waals surface area contributed by atoms with Crippen LogP contribution in [0.5, 0.6) is 0 Å². The first kappa shape index (κ1) is 27.3. The zero-order valence-electron chi connectivity index (χ0n) is 22.4. The van der Waals surface area contributed by atoms with Gasteiger partial charge in [0, 0.05) is 13.1 Å². The third kappa shape index (κ3) is 4.28. The van der Waals surface area contributed by atoms with E-state index in [1.165, 1.54) is 4.90 Å². The van der Waals surface area contributed by atoms with Crippen molar-refractivity contribution in [3.8, 4) is 0 Å². The molecule has 0 radical (unpaired) electrons. The average Bonchev–Trinajstić information content (AvgIpc) is 3.48. The highest BCUT2D eigenvalue weighted by Crippen LogP contribution is 2.65. The van der Waals surface area contributed by atoms with Crippen molar-refractivity contribution >= 4 is 17.8 Å². The number of carbonyl (C=O) groups excluding carboxylic acids is 3. The standard InChI is InChI=1S/C29H40N2O6/c1-6-16-30(17-20-12-10-9-11-13-20)26(34)24-29-15-14-28(7-2,37-29)23(27(35)36-8-3)22(29)25(33)31(24)21(18-32)19(4)5/h6,9-13,19,21-24,32H,1,7-8,14-18H2,2-5H3/t21-,22-,23-,24?,28+,29?/m0/s1. The Morgan fingerprint density at radius 2 is 1.97 bits per heavy atom. The second kappa shape index (κ2) is 10.6. The lowest BCUT2D eigenvalue weighted by Crippen LogP contribution is -2.59. The topological polar surface area (TPSA) is 96.4 Å². The molecule has 1 aromatic carbocycles. The van der Waals surface area contributed by atoms with E-state index in [1.807, 2.05) is 51.1 Å². The maximum atomic E-state index is 14.5. The third-order valence-corrected chi connectivity index (χ3v) is 8.58. The maximum absolute atomic E-state index is 14.5. The zero-order valence-corrected chi connectivity index (χ0v) is 22.4. The number of aliphatic hydroxyl groups is 1. The summed E-state index contributed by atoms with van der Waals surface area (Å²) in [5.74, 6) is -2.74. The van der Waals surface area contributed by atoms with Crippen molar-refractivity contribution < 1.29 is 29.0 Å². The molecule has 3 fully saturated rings. The molecule has 0 aliphatic carbocycles. The number of nitrogens with zero attached hydrogens (tertiary/aromatic N) is 2. The highest BCUT2D eigenvalue weighted by atomic mass is 16.6. The van der Waals surface area contributed by atoms with Crippen LogP contribution in [0, 0.1) is 17.8 Å². The Labute approximate surface area is 219 Å². The van der Waals surface area contributed by atoms with Crippen molar-refractivity contribution in [2.75, 3.05) is 19.8 Å². The highest BCUT2D eigenvalue weighted by Gasteiger charge is 2.79. The number of esters is 1. The Morgan fingerprint density at radius 1 is 1.27 bits per heavy atom. The molecule has 3 aliphatic heterocycles. The van der Waals surface area contributed by atoms with E-state index in [9.17, 15) is 19.5 Å².